The largest absolute Gasteiger partial charge is 0.308 e. The molecule has 1 saturated carbocycles. The maximum absolute atomic E-state index is 13.5. The zero-order valence-electron chi connectivity index (χ0n) is 16.6. The maximum Gasteiger partial charge on any atom is 0.230 e. The fraction of sp³-hybridized carbons (Fsp3) is 0.269. The minimum absolute atomic E-state index is 0.138. The van der Waals surface area contributed by atoms with Crippen LogP contribution in [0.25, 0.3) is 11.1 Å². The summed E-state index contributed by atoms with van der Waals surface area (Å²) in [6, 6.07) is 27.0. The van der Waals surface area contributed by atoms with Crippen LogP contribution < -0.4 is 4.90 Å². The van der Waals surface area contributed by atoms with Crippen molar-refractivity contribution >= 4 is 27.5 Å². The van der Waals surface area contributed by atoms with E-state index in [9.17, 15) is 4.79 Å². The molecule has 0 saturated heterocycles. The second-order valence-corrected chi connectivity index (χ2v) is 8.72. The molecular weight excluding hydrogens is 422 g/mol. The van der Waals surface area contributed by atoms with Gasteiger partial charge >= 0.3 is 0 Å². The van der Waals surface area contributed by atoms with Gasteiger partial charge in [0, 0.05) is 16.1 Å². The molecule has 0 radical (unpaired) electrons. The SMILES string of the molecule is O=C(C1CCCCC1)N(Cc1ccc(Br)cc1)c1cccc(-c2ccccc2)c1. The van der Waals surface area contributed by atoms with Crippen molar-refractivity contribution in [1.82, 2.24) is 0 Å². The van der Waals surface area contributed by atoms with Crippen LogP contribution in [0.4, 0.5) is 5.69 Å². The Balaban J connectivity index is 1.67. The van der Waals surface area contributed by atoms with E-state index in [1.54, 1.807) is 0 Å². The summed E-state index contributed by atoms with van der Waals surface area (Å²) < 4.78 is 1.05. The average Bonchev–Trinajstić information content (AvgIpc) is 2.79. The van der Waals surface area contributed by atoms with E-state index in [0.717, 1.165) is 47.0 Å². The lowest BCUT2D eigenvalue weighted by molar-refractivity contribution is -0.123. The zero-order valence-corrected chi connectivity index (χ0v) is 18.1. The fourth-order valence-electron chi connectivity index (χ4n) is 4.12. The van der Waals surface area contributed by atoms with Crippen molar-refractivity contribution in [2.24, 2.45) is 5.92 Å². The molecule has 29 heavy (non-hydrogen) atoms. The number of rotatable bonds is 5. The van der Waals surface area contributed by atoms with Crippen LogP contribution in [0.2, 0.25) is 0 Å². The third kappa shape index (κ3) is 4.97. The van der Waals surface area contributed by atoms with Crippen LogP contribution in [0, 0.1) is 5.92 Å². The van der Waals surface area contributed by atoms with Gasteiger partial charge in [-0.15, -0.1) is 0 Å². The molecule has 1 aliphatic rings. The van der Waals surface area contributed by atoms with Gasteiger partial charge in [0.25, 0.3) is 0 Å². The number of benzene rings is 3. The monoisotopic (exact) mass is 447 g/mol. The first kappa shape index (κ1) is 19.9. The van der Waals surface area contributed by atoms with Gasteiger partial charge in [-0.2, -0.15) is 0 Å². The van der Waals surface area contributed by atoms with Gasteiger partial charge < -0.3 is 4.90 Å². The van der Waals surface area contributed by atoms with Gasteiger partial charge in [0.1, 0.15) is 0 Å². The van der Waals surface area contributed by atoms with Gasteiger partial charge in [-0.3, -0.25) is 4.79 Å². The highest BCUT2D eigenvalue weighted by Crippen LogP contribution is 2.31. The topological polar surface area (TPSA) is 20.3 Å². The van der Waals surface area contributed by atoms with Gasteiger partial charge in [-0.25, -0.2) is 0 Å². The second kappa shape index (κ2) is 9.41. The Morgan fingerprint density at radius 3 is 2.24 bits per heavy atom. The van der Waals surface area contributed by atoms with Crippen molar-refractivity contribution in [2.45, 2.75) is 38.6 Å². The third-order valence-electron chi connectivity index (χ3n) is 5.74. The molecule has 1 amide bonds. The highest BCUT2D eigenvalue weighted by Gasteiger charge is 2.27. The molecule has 0 bridgehead atoms. The van der Waals surface area contributed by atoms with Crippen molar-refractivity contribution < 1.29 is 4.79 Å². The highest BCUT2D eigenvalue weighted by atomic mass is 79.9. The Morgan fingerprint density at radius 1 is 0.828 bits per heavy atom. The summed E-state index contributed by atoms with van der Waals surface area (Å²) in [5.74, 6) is 0.400. The molecule has 3 heteroatoms. The molecule has 4 rings (SSSR count). The first-order valence-corrected chi connectivity index (χ1v) is 11.2. The predicted octanol–water partition coefficient (Wildman–Crippen LogP) is 7.23. The summed E-state index contributed by atoms with van der Waals surface area (Å²) in [6.07, 6.45) is 5.58. The molecule has 1 aliphatic carbocycles. The Bertz CT molecular complexity index is 946. The van der Waals surface area contributed by atoms with E-state index in [1.165, 1.54) is 12.0 Å². The molecule has 148 valence electrons. The molecule has 0 heterocycles. The number of anilines is 1. The summed E-state index contributed by atoms with van der Waals surface area (Å²) in [4.78, 5) is 15.5. The molecule has 1 fully saturated rings. The van der Waals surface area contributed by atoms with Crippen molar-refractivity contribution in [2.75, 3.05) is 4.90 Å². The standard InChI is InChI=1S/C26H26BrNO/c27-24-16-14-20(15-17-24)19-28(26(29)22-10-5-2-6-11-22)25-13-7-12-23(18-25)21-8-3-1-4-9-21/h1,3-4,7-9,12-18,22H,2,5-6,10-11,19H2. The van der Waals surface area contributed by atoms with Crippen molar-refractivity contribution in [3.05, 3.63) is 88.9 Å². The van der Waals surface area contributed by atoms with Gasteiger partial charge in [-0.05, 0) is 53.8 Å². The highest BCUT2D eigenvalue weighted by molar-refractivity contribution is 9.10. The summed E-state index contributed by atoms with van der Waals surface area (Å²) in [6.45, 7) is 0.598. The summed E-state index contributed by atoms with van der Waals surface area (Å²) in [7, 11) is 0. The number of amides is 1. The zero-order chi connectivity index (χ0) is 20.1. The molecule has 0 spiro atoms. The van der Waals surface area contributed by atoms with Gasteiger partial charge in [0.05, 0.1) is 6.54 Å². The smallest absolute Gasteiger partial charge is 0.230 e. The van der Waals surface area contributed by atoms with Crippen LogP contribution >= 0.6 is 15.9 Å². The molecular formula is C26H26BrNO. The van der Waals surface area contributed by atoms with Crippen LogP contribution in [-0.2, 0) is 11.3 Å². The van der Waals surface area contributed by atoms with Crippen molar-refractivity contribution in [3.8, 4) is 11.1 Å². The lowest BCUT2D eigenvalue weighted by atomic mass is 9.88. The summed E-state index contributed by atoms with van der Waals surface area (Å²) in [5, 5.41) is 0. The molecule has 0 aliphatic heterocycles. The number of hydrogen-bond acceptors (Lipinski definition) is 1. The number of halogens is 1. The minimum atomic E-state index is 0.138. The molecule has 2 nitrogen and oxygen atoms in total. The first-order valence-electron chi connectivity index (χ1n) is 10.4. The lowest BCUT2D eigenvalue weighted by Gasteiger charge is -2.30. The number of carbonyl (C=O) groups is 1. The number of nitrogens with zero attached hydrogens (tertiary/aromatic N) is 1. The Morgan fingerprint density at radius 2 is 1.52 bits per heavy atom. The van der Waals surface area contributed by atoms with E-state index < -0.39 is 0 Å². The predicted molar refractivity (Wildman–Crippen MR) is 124 cm³/mol. The summed E-state index contributed by atoms with van der Waals surface area (Å²) >= 11 is 3.50. The lowest BCUT2D eigenvalue weighted by Crippen LogP contribution is -2.36. The van der Waals surface area contributed by atoms with Gasteiger partial charge in [0.2, 0.25) is 5.91 Å². The molecule has 0 N–H and O–H groups in total. The van der Waals surface area contributed by atoms with E-state index in [2.05, 4.69) is 76.6 Å². The Labute approximate surface area is 181 Å². The van der Waals surface area contributed by atoms with Crippen LogP contribution in [0.3, 0.4) is 0 Å². The van der Waals surface area contributed by atoms with E-state index in [0.29, 0.717) is 6.54 Å². The van der Waals surface area contributed by atoms with Crippen LogP contribution in [0.15, 0.2) is 83.3 Å². The molecule has 3 aromatic carbocycles. The first-order chi connectivity index (χ1) is 14.2. The Kier molecular flexibility index (Phi) is 6.46. The van der Waals surface area contributed by atoms with E-state index in [-0.39, 0.29) is 11.8 Å². The normalized spacial score (nSPS) is 14.5. The van der Waals surface area contributed by atoms with Gasteiger partial charge in [-0.1, -0.05) is 89.8 Å². The number of carbonyl (C=O) groups excluding carboxylic acids is 1. The Hall–Kier alpha value is -2.39. The molecule has 3 aromatic rings. The van der Waals surface area contributed by atoms with Crippen LogP contribution in [0.5, 0.6) is 0 Å². The molecule has 0 aromatic heterocycles. The maximum atomic E-state index is 13.5. The van der Waals surface area contributed by atoms with Crippen LogP contribution in [-0.4, -0.2) is 5.91 Å². The van der Waals surface area contributed by atoms with Crippen molar-refractivity contribution in [3.63, 3.8) is 0 Å². The summed E-state index contributed by atoms with van der Waals surface area (Å²) in [5.41, 5.74) is 4.43. The fourth-order valence-corrected chi connectivity index (χ4v) is 4.39. The average molecular weight is 448 g/mol. The van der Waals surface area contributed by atoms with E-state index in [4.69, 9.17) is 0 Å². The quantitative estimate of drug-likeness (QED) is 0.403. The van der Waals surface area contributed by atoms with Gasteiger partial charge in [0.15, 0.2) is 0 Å². The van der Waals surface area contributed by atoms with E-state index in [1.807, 2.05) is 23.1 Å². The molecule has 0 atom stereocenters. The van der Waals surface area contributed by atoms with E-state index >= 15 is 0 Å². The van der Waals surface area contributed by atoms with Crippen LogP contribution in [0.1, 0.15) is 37.7 Å². The second-order valence-electron chi connectivity index (χ2n) is 7.80. The number of hydrogen-bond donors (Lipinski definition) is 0. The van der Waals surface area contributed by atoms with Crippen molar-refractivity contribution in [1.29, 1.82) is 0 Å². The third-order valence-corrected chi connectivity index (χ3v) is 6.27. The molecule has 0 unspecified atom stereocenters. The minimum Gasteiger partial charge on any atom is -0.308 e.